The summed E-state index contributed by atoms with van der Waals surface area (Å²) in [6.07, 6.45) is 1.53. The molecule has 3 rings (SSSR count). The van der Waals surface area contributed by atoms with E-state index in [1.54, 1.807) is 32.4 Å². The Morgan fingerprint density at radius 2 is 1.79 bits per heavy atom. The zero-order valence-electron chi connectivity index (χ0n) is 16.6. The molecule has 3 N–H and O–H groups in total. The SMILES string of the molecule is COc1cc(NC(=O)NCCNc2cc(N3CCOCC3)ncn2)cc(OC)c1. The van der Waals surface area contributed by atoms with Crippen LogP contribution in [-0.2, 0) is 4.74 Å². The van der Waals surface area contributed by atoms with Gasteiger partial charge in [0.25, 0.3) is 0 Å². The van der Waals surface area contributed by atoms with Crippen LogP contribution in [0.25, 0.3) is 0 Å². The molecule has 0 spiro atoms. The number of morpholine rings is 1. The van der Waals surface area contributed by atoms with E-state index >= 15 is 0 Å². The highest BCUT2D eigenvalue weighted by atomic mass is 16.5. The summed E-state index contributed by atoms with van der Waals surface area (Å²) in [6, 6.07) is 6.75. The normalized spacial score (nSPS) is 13.5. The molecule has 2 amide bonds. The molecular weight excluding hydrogens is 376 g/mol. The first-order valence-electron chi connectivity index (χ1n) is 9.34. The number of carbonyl (C=O) groups excluding carboxylic acids is 1. The third-order valence-electron chi connectivity index (χ3n) is 4.31. The van der Waals surface area contributed by atoms with Gasteiger partial charge in [-0.25, -0.2) is 14.8 Å². The fourth-order valence-corrected chi connectivity index (χ4v) is 2.83. The van der Waals surface area contributed by atoms with Gasteiger partial charge in [0.05, 0.1) is 27.4 Å². The lowest BCUT2D eigenvalue weighted by Gasteiger charge is -2.27. The van der Waals surface area contributed by atoms with Gasteiger partial charge in [-0.1, -0.05) is 0 Å². The van der Waals surface area contributed by atoms with Crippen molar-refractivity contribution in [3.05, 3.63) is 30.6 Å². The van der Waals surface area contributed by atoms with Crippen molar-refractivity contribution in [2.24, 2.45) is 0 Å². The van der Waals surface area contributed by atoms with Crippen molar-refractivity contribution < 1.29 is 19.0 Å². The van der Waals surface area contributed by atoms with Crippen molar-refractivity contribution in [2.45, 2.75) is 0 Å². The van der Waals surface area contributed by atoms with Gasteiger partial charge in [-0.2, -0.15) is 0 Å². The van der Waals surface area contributed by atoms with Gasteiger partial charge in [-0.3, -0.25) is 0 Å². The number of hydrogen-bond acceptors (Lipinski definition) is 8. The first kappa shape index (κ1) is 20.5. The Morgan fingerprint density at radius 3 is 2.48 bits per heavy atom. The lowest BCUT2D eigenvalue weighted by Crippen LogP contribution is -2.36. The number of ether oxygens (including phenoxy) is 3. The third kappa shape index (κ3) is 6.11. The topological polar surface area (TPSA) is 110 Å². The molecule has 10 nitrogen and oxygen atoms in total. The Bertz CT molecular complexity index is 791. The van der Waals surface area contributed by atoms with Crippen molar-refractivity contribution in [2.75, 3.05) is 69.1 Å². The van der Waals surface area contributed by atoms with Crippen molar-refractivity contribution in [1.29, 1.82) is 0 Å². The van der Waals surface area contributed by atoms with E-state index in [0.717, 1.165) is 18.9 Å². The molecule has 156 valence electrons. The first-order valence-corrected chi connectivity index (χ1v) is 9.34. The predicted octanol–water partition coefficient (Wildman–Crippen LogP) is 1.56. The molecule has 1 aromatic carbocycles. The Kier molecular flexibility index (Phi) is 7.28. The van der Waals surface area contributed by atoms with E-state index in [4.69, 9.17) is 14.2 Å². The van der Waals surface area contributed by atoms with Crippen LogP contribution in [0.3, 0.4) is 0 Å². The number of methoxy groups -OCH3 is 2. The van der Waals surface area contributed by atoms with Crippen LogP contribution in [0.2, 0.25) is 0 Å². The van der Waals surface area contributed by atoms with Crippen LogP contribution >= 0.6 is 0 Å². The van der Waals surface area contributed by atoms with Crippen LogP contribution in [0.15, 0.2) is 30.6 Å². The molecule has 29 heavy (non-hydrogen) atoms. The molecule has 0 saturated carbocycles. The number of urea groups is 1. The van der Waals surface area contributed by atoms with Crippen LogP contribution in [0.1, 0.15) is 0 Å². The minimum atomic E-state index is -0.321. The molecule has 0 atom stereocenters. The lowest BCUT2D eigenvalue weighted by atomic mass is 10.3. The number of hydrogen-bond donors (Lipinski definition) is 3. The second-order valence-electron chi connectivity index (χ2n) is 6.27. The quantitative estimate of drug-likeness (QED) is 0.571. The number of nitrogens with zero attached hydrogens (tertiary/aromatic N) is 3. The number of anilines is 3. The Labute approximate surface area is 169 Å². The monoisotopic (exact) mass is 402 g/mol. The van der Waals surface area contributed by atoms with Gasteiger partial charge in [0.15, 0.2) is 0 Å². The van der Waals surface area contributed by atoms with E-state index in [1.165, 1.54) is 6.33 Å². The molecule has 0 radical (unpaired) electrons. The molecule has 1 fully saturated rings. The lowest BCUT2D eigenvalue weighted by molar-refractivity contribution is 0.122. The van der Waals surface area contributed by atoms with Crippen LogP contribution in [0.4, 0.5) is 22.1 Å². The molecule has 1 aliphatic rings. The van der Waals surface area contributed by atoms with Gasteiger partial charge in [-0.15, -0.1) is 0 Å². The molecule has 1 aromatic heterocycles. The highest BCUT2D eigenvalue weighted by Crippen LogP contribution is 2.25. The molecule has 2 heterocycles. The zero-order chi connectivity index (χ0) is 20.5. The van der Waals surface area contributed by atoms with E-state index in [1.807, 2.05) is 6.07 Å². The molecule has 0 unspecified atom stereocenters. The van der Waals surface area contributed by atoms with Crippen LogP contribution in [0, 0.1) is 0 Å². The van der Waals surface area contributed by atoms with E-state index in [0.29, 0.717) is 49.3 Å². The number of rotatable bonds is 8. The van der Waals surface area contributed by atoms with E-state index in [9.17, 15) is 4.79 Å². The summed E-state index contributed by atoms with van der Waals surface area (Å²) in [4.78, 5) is 22.8. The highest BCUT2D eigenvalue weighted by Gasteiger charge is 2.13. The molecular formula is C19H26N6O4. The number of nitrogens with one attached hydrogen (secondary N) is 3. The summed E-state index contributed by atoms with van der Waals surface area (Å²) in [5.74, 6) is 2.77. The van der Waals surface area contributed by atoms with Crippen LogP contribution in [0.5, 0.6) is 11.5 Å². The minimum absolute atomic E-state index is 0.321. The average Bonchev–Trinajstić information content (AvgIpc) is 2.77. The largest absolute Gasteiger partial charge is 0.497 e. The zero-order valence-corrected chi connectivity index (χ0v) is 16.6. The maximum Gasteiger partial charge on any atom is 0.319 e. The number of benzene rings is 1. The van der Waals surface area contributed by atoms with Crippen molar-refractivity contribution in [1.82, 2.24) is 15.3 Å². The average molecular weight is 402 g/mol. The van der Waals surface area contributed by atoms with Gasteiger partial charge in [0, 0.05) is 56.1 Å². The van der Waals surface area contributed by atoms with E-state index < -0.39 is 0 Å². The number of carbonyl (C=O) groups is 1. The Morgan fingerprint density at radius 1 is 1.07 bits per heavy atom. The van der Waals surface area contributed by atoms with Gasteiger partial charge in [0.2, 0.25) is 0 Å². The maximum atomic E-state index is 12.1. The van der Waals surface area contributed by atoms with Crippen LogP contribution < -0.4 is 30.3 Å². The van der Waals surface area contributed by atoms with Gasteiger partial charge < -0.3 is 35.1 Å². The summed E-state index contributed by atoms with van der Waals surface area (Å²) in [6.45, 7) is 3.97. The molecule has 0 bridgehead atoms. The molecule has 10 heteroatoms. The van der Waals surface area contributed by atoms with Crippen molar-refractivity contribution in [3.8, 4) is 11.5 Å². The number of aromatic nitrogens is 2. The highest BCUT2D eigenvalue weighted by molar-refractivity contribution is 5.89. The van der Waals surface area contributed by atoms with Gasteiger partial charge in [-0.05, 0) is 0 Å². The summed E-state index contributed by atoms with van der Waals surface area (Å²) < 4.78 is 15.8. The first-order chi connectivity index (χ1) is 14.2. The summed E-state index contributed by atoms with van der Waals surface area (Å²) in [5.41, 5.74) is 0.581. The predicted molar refractivity (Wildman–Crippen MR) is 110 cm³/mol. The van der Waals surface area contributed by atoms with E-state index in [-0.39, 0.29) is 6.03 Å². The maximum absolute atomic E-state index is 12.1. The fraction of sp³-hybridized carbons (Fsp3) is 0.421. The third-order valence-corrected chi connectivity index (χ3v) is 4.31. The molecule has 0 aliphatic carbocycles. The summed E-state index contributed by atoms with van der Waals surface area (Å²) in [5, 5.41) is 8.74. The van der Waals surface area contributed by atoms with Gasteiger partial charge in [0.1, 0.15) is 29.5 Å². The molecule has 1 aliphatic heterocycles. The smallest absolute Gasteiger partial charge is 0.319 e. The molecule has 2 aromatic rings. The second kappa shape index (κ2) is 10.3. The minimum Gasteiger partial charge on any atom is -0.497 e. The Hall–Kier alpha value is -3.27. The standard InChI is InChI=1S/C19H26N6O4/c1-27-15-9-14(10-16(11-15)28-2)24-19(26)21-4-3-20-17-12-18(23-13-22-17)25-5-7-29-8-6-25/h9-13H,3-8H2,1-2H3,(H,20,22,23)(H2,21,24,26). The second-order valence-corrected chi connectivity index (χ2v) is 6.27. The Balaban J connectivity index is 1.44. The summed E-state index contributed by atoms with van der Waals surface area (Å²) >= 11 is 0. The van der Waals surface area contributed by atoms with Gasteiger partial charge >= 0.3 is 6.03 Å². The van der Waals surface area contributed by atoms with Crippen LogP contribution in [-0.4, -0.2) is 69.6 Å². The van der Waals surface area contributed by atoms with E-state index in [2.05, 4.69) is 30.8 Å². The summed E-state index contributed by atoms with van der Waals surface area (Å²) in [7, 11) is 3.11. The van der Waals surface area contributed by atoms with Crippen molar-refractivity contribution in [3.63, 3.8) is 0 Å². The fourth-order valence-electron chi connectivity index (χ4n) is 2.83. The molecule has 1 saturated heterocycles. The van der Waals surface area contributed by atoms with Crippen molar-refractivity contribution >= 4 is 23.4 Å². The number of amides is 2.